The summed E-state index contributed by atoms with van der Waals surface area (Å²) in [5, 5.41) is 15.3. The first kappa shape index (κ1) is 16.3. The number of carbonyl (C=O) groups is 1. The van der Waals surface area contributed by atoms with Gasteiger partial charge >= 0.3 is 5.00 Å². The molecule has 6 nitrogen and oxygen atoms in total. The molecule has 118 valence electrons. The molecule has 23 heavy (non-hydrogen) atoms. The first-order chi connectivity index (χ1) is 10.9. The van der Waals surface area contributed by atoms with E-state index in [-0.39, 0.29) is 9.88 Å². The fourth-order valence-corrected chi connectivity index (χ4v) is 4.58. The SMILES string of the molecule is O=C(Nc1nc(-c2cc(Cl)sc2Cl)cs1)c1ccc([N+](=O)[O-])s1. The molecule has 1 amide bonds. The number of thiophene rings is 2. The molecule has 0 saturated heterocycles. The van der Waals surface area contributed by atoms with E-state index in [0.29, 0.717) is 25.1 Å². The molecule has 3 aromatic rings. The normalized spacial score (nSPS) is 10.7. The Labute approximate surface area is 151 Å². The molecule has 0 aliphatic heterocycles. The lowest BCUT2D eigenvalue weighted by molar-refractivity contribution is -0.380. The standard InChI is InChI=1S/C12H5Cl2N3O3S3/c13-8-3-5(10(14)23-8)6-4-21-12(15-6)16-11(18)7-1-2-9(22-7)17(19)20/h1-4H,(H,15,16,18). The number of hydrogen-bond acceptors (Lipinski definition) is 7. The van der Waals surface area contributed by atoms with Gasteiger partial charge in [-0.25, -0.2) is 4.98 Å². The van der Waals surface area contributed by atoms with Crippen LogP contribution in [0.4, 0.5) is 10.1 Å². The molecule has 0 atom stereocenters. The van der Waals surface area contributed by atoms with Crippen molar-refractivity contribution in [3.63, 3.8) is 0 Å². The summed E-state index contributed by atoms with van der Waals surface area (Å²) in [5.41, 5.74) is 1.31. The van der Waals surface area contributed by atoms with E-state index in [0.717, 1.165) is 11.3 Å². The van der Waals surface area contributed by atoms with Gasteiger partial charge in [-0.2, -0.15) is 0 Å². The van der Waals surface area contributed by atoms with E-state index >= 15 is 0 Å². The maximum atomic E-state index is 12.1. The van der Waals surface area contributed by atoms with Crippen LogP contribution in [0, 0.1) is 10.1 Å². The number of nitrogens with one attached hydrogen (secondary N) is 1. The lowest BCUT2D eigenvalue weighted by Gasteiger charge is -1.97. The van der Waals surface area contributed by atoms with Crippen molar-refractivity contribution < 1.29 is 9.72 Å². The van der Waals surface area contributed by atoms with Crippen LogP contribution in [0.5, 0.6) is 0 Å². The quantitative estimate of drug-likeness (QED) is 0.464. The van der Waals surface area contributed by atoms with Crippen molar-refractivity contribution in [1.82, 2.24) is 4.98 Å². The number of carbonyl (C=O) groups excluding carboxylic acids is 1. The number of nitrogens with zero attached hydrogens (tertiary/aromatic N) is 2. The Morgan fingerprint density at radius 3 is 2.70 bits per heavy atom. The third-order valence-electron chi connectivity index (χ3n) is 2.65. The second-order valence-electron chi connectivity index (χ2n) is 4.12. The van der Waals surface area contributed by atoms with E-state index in [9.17, 15) is 14.9 Å². The van der Waals surface area contributed by atoms with Gasteiger partial charge in [0.15, 0.2) is 5.13 Å². The Hall–Kier alpha value is -1.52. The second kappa shape index (κ2) is 6.54. The summed E-state index contributed by atoms with van der Waals surface area (Å²) < 4.78 is 1.07. The van der Waals surface area contributed by atoms with E-state index in [1.807, 2.05) is 0 Å². The smallest absolute Gasteiger partial charge is 0.297 e. The number of halogens is 2. The number of rotatable bonds is 4. The van der Waals surface area contributed by atoms with Crippen molar-refractivity contribution in [3.8, 4) is 11.3 Å². The minimum absolute atomic E-state index is 0.0883. The largest absolute Gasteiger partial charge is 0.324 e. The van der Waals surface area contributed by atoms with Crippen LogP contribution in [0.25, 0.3) is 11.3 Å². The first-order valence-electron chi connectivity index (χ1n) is 5.90. The van der Waals surface area contributed by atoms with Crippen molar-refractivity contribution in [1.29, 1.82) is 0 Å². The molecular weight excluding hydrogens is 401 g/mol. The molecule has 0 spiro atoms. The zero-order chi connectivity index (χ0) is 16.6. The Morgan fingerprint density at radius 1 is 1.30 bits per heavy atom. The molecule has 0 unspecified atom stereocenters. The minimum atomic E-state index is -0.536. The van der Waals surface area contributed by atoms with E-state index in [1.165, 1.54) is 34.8 Å². The van der Waals surface area contributed by atoms with E-state index in [4.69, 9.17) is 23.2 Å². The van der Waals surface area contributed by atoms with Gasteiger partial charge in [-0.05, 0) is 12.1 Å². The fourth-order valence-electron chi connectivity index (χ4n) is 1.68. The lowest BCUT2D eigenvalue weighted by Crippen LogP contribution is -2.09. The van der Waals surface area contributed by atoms with Crippen molar-refractivity contribution in [2.45, 2.75) is 0 Å². The van der Waals surface area contributed by atoms with Gasteiger partial charge in [0, 0.05) is 17.0 Å². The molecule has 0 aliphatic rings. The highest BCUT2D eigenvalue weighted by atomic mass is 35.5. The summed E-state index contributed by atoms with van der Waals surface area (Å²) in [6.07, 6.45) is 0. The Kier molecular flexibility index (Phi) is 4.64. The Bertz CT molecular complexity index is 902. The third kappa shape index (κ3) is 3.54. The van der Waals surface area contributed by atoms with Gasteiger partial charge in [-0.3, -0.25) is 20.2 Å². The van der Waals surface area contributed by atoms with E-state index in [2.05, 4.69) is 10.3 Å². The highest BCUT2D eigenvalue weighted by Gasteiger charge is 2.17. The summed E-state index contributed by atoms with van der Waals surface area (Å²) in [6.45, 7) is 0. The molecule has 0 bridgehead atoms. The van der Waals surface area contributed by atoms with Gasteiger partial charge in [-0.15, -0.1) is 22.7 Å². The molecule has 3 aromatic heterocycles. The van der Waals surface area contributed by atoms with Crippen LogP contribution >= 0.6 is 57.2 Å². The van der Waals surface area contributed by atoms with Gasteiger partial charge in [0.2, 0.25) is 0 Å². The van der Waals surface area contributed by atoms with Gasteiger partial charge in [0.1, 0.15) is 4.34 Å². The third-order valence-corrected chi connectivity index (χ3v) is 5.93. The minimum Gasteiger partial charge on any atom is -0.297 e. The summed E-state index contributed by atoms with van der Waals surface area (Å²) in [4.78, 5) is 26.7. The number of hydrogen-bond donors (Lipinski definition) is 1. The molecule has 3 heterocycles. The average Bonchev–Trinajstić information content (AvgIpc) is 3.18. The van der Waals surface area contributed by atoms with Crippen molar-refractivity contribution >= 4 is 73.3 Å². The Balaban J connectivity index is 1.77. The lowest BCUT2D eigenvalue weighted by atomic mass is 10.3. The first-order valence-corrected chi connectivity index (χ1v) is 9.17. The molecular formula is C12H5Cl2N3O3S3. The van der Waals surface area contributed by atoms with Crippen LogP contribution in [-0.2, 0) is 0 Å². The number of thiazole rings is 1. The van der Waals surface area contributed by atoms with Gasteiger partial charge in [0.25, 0.3) is 5.91 Å². The number of nitro groups is 1. The van der Waals surface area contributed by atoms with Crippen LogP contribution < -0.4 is 5.32 Å². The molecule has 0 saturated carbocycles. The average molecular weight is 406 g/mol. The number of amides is 1. The van der Waals surface area contributed by atoms with Crippen LogP contribution in [0.15, 0.2) is 23.6 Å². The molecule has 11 heteroatoms. The molecule has 3 rings (SSSR count). The summed E-state index contributed by atoms with van der Waals surface area (Å²) >= 11 is 15.2. The highest BCUT2D eigenvalue weighted by molar-refractivity contribution is 7.20. The van der Waals surface area contributed by atoms with Crippen LogP contribution in [0.1, 0.15) is 9.67 Å². The van der Waals surface area contributed by atoms with Crippen molar-refractivity contribution in [2.75, 3.05) is 5.32 Å². The maximum absolute atomic E-state index is 12.1. The van der Waals surface area contributed by atoms with Gasteiger partial charge in [-0.1, -0.05) is 34.5 Å². The predicted molar refractivity (Wildman–Crippen MR) is 94.4 cm³/mol. The molecule has 0 fully saturated rings. The molecule has 0 aliphatic carbocycles. The topological polar surface area (TPSA) is 85.1 Å². The van der Waals surface area contributed by atoms with E-state index < -0.39 is 10.8 Å². The Morgan fingerprint density at radius 2 is 2.09 bits per heavy atom. The van der Waals surface area contributed by atoms with Gasteiger partial charge < -0.3 is 0 Å². The molecule has 0 radical (unpaired) electrons. The number of aromatic nitrogens is 1. The number of anilines is 1. The monoisotopic (exact) mass is 405 g/mol. The highest BCUT2D eigenvalue weighted by Crippen LogP contribution is 2.39. The van der Waals surface area contributed by atoms with Crippen molar-refractivity contribution in [2.24, 2.45) is 0 Å². The predicted octanol–water partition coefficient (Wildman–Crippen LogP) is 5.40. The fraction of sp³-hybridized carbons (Fsp3) is 0. The van der Waals surface area contributed by atoms with Gasteiger partial charge in [0.05, 0.1) is 19.8 Å². The zero-order valence-corrected chi connectivity index (χ0v) is 14.9. The van der Waals surface area contributed by atoms with Crippen LogP contribution in [-0.4, -0.2) is 15.8 Å². The second-order valence-corrected chi connectivity index (χ2v) is 8.33. The molecule has 1 N–H and O–H groups in total. The van der Waals surface area contributed by atoms with Crippen LogP contribution in [0.2, 0.25) is 8.67 Å². The summed E-state index contributed by atoms with van der Waals surface area (Å²) in [5.74, 6) is -0.446. The zero-order valence-electron chi connectivity index (χ0n) is 10.9. The molecule has 0 aromatic carbocycles. The summed E-state index contributed by atoms with van der Waals surface area (Å²) in [7, 11) is 0. The van der Waals surface area contributed by atoms with Crippen molar-refractivity contribution in [3.05, 3.63) is 47.2 Å². The summed E-state index contributed by atoms with van der Waals surface area (Å²) in [6, 6.07) is 4.40. The van der Waals surface area contributed by atoms with Crippen LogP contribution in [0.3, 0.4) is 0 Å². The maximum Gasteiger partial charge on any atom is 0.324 e. The van der Waals surface area contributed by atoms with E-state index in [1.54, 1.807) is 11.4 Å².